The van der Waals surface area contributed by atoms with Gasteiger partial charge in [-0.3, -0.25) is 4.79 Å². The van der Waals surface area contributed by atoms with E-state index in [9.17, 15) is 13.2 Å². The molecule has 1 heterocycles. The van der Waals surface area contributed by atoms with Crippen LogP contribution in [0, 0.1) is 12.8 Å². The molecule has 0 saturated carbocycles. The largest absolute Gasteiger partial charge is 0.365 e. The highest BCUT2D eigenvalue weighted by atomic mass is 32.2. The first kappa shape index (κ1) is 21.3. The number of likely N-dealkylation sites (N-methyl/N-ethyl adjacent to an activating group) is 1. The Morgan fingerprint density at radius 2 is 1.83 bits per heavy atom. The maximum absolute atomic E-state index is 12.7. The molecule has 1 unspecified atom stereocenters. The summed E-state index contributed by atoms with van der Waals surface area (Å²) in [7, 11) is -1.62. The fourth-order valence-electron chi connectivity index (χ4n) is 3.56. The Balaban J connectivity index is 1.53. The molecule has 0 spiro atoms. The van der Waals surface area contributed by atoms with Crippen molar-refractivity contribution in [2.24, 2.45) is 5.92 Å². The normalized spacial score (nSPS) is 17.2. The second kappa shape index (κ2) is 9.41. The van der Waals surface area contributed by atoms with Gasteiger partial charge in [0.15, 0.2) is 0 Å². The number of para-hydroxylation sites is 1. The second-order valence-corrected chi connectivity index (χ2v) is 9.47. The number of aryl methyl sites for hydroxylation is 1. The van der Waals surface area contributed by atoms with Crippen LogP contribution in [0.4, 0.5) is 5.69 Å². The summed E-state index contributed by atoms with van der Waals surface area (Å²) in [5, 5.41) is 0. The molecule has 1 atom stereocenters. The van der Waals surface area contributed by atoms with Crippen LogP contribution >= 0.6 is 0 Å². The summed E-state index contributed by atoms with van der Waals surface area (Å²) >= 11 is 0. The third-order valence-corrected chi connectivity index (χ3v) is 6.77. The number of likely N-dealkylation sites (tertiary alicyclic amines) is 1. The van der Waals surface area contributed by atoms with Crippen molar-refractivity contribution in [3.05, 3.63) is 60.2 Å². The van der Waals surface area contributed by atoms with Gasteiger partial charge in [0.1, 0.15) is 0 Å². The summed E-state index contributed by atoms with van der Waals surface area (Å²) in [4.78, 5) is 16.8. The zero-order chi connectivity index (χ0) is 20.9. The average Bonchev–Trinajstić information content (AvgIpc) is 2.73. The number of rotatable bonds is 7. The first-order valence-electron chi connectivity index (χ1n) is 9.95. The van der Waals surface area contributed by atoms with Crippen molar-refractivity contribution in [2.45, 2.75) is 24.7 Å². The molecular weight excluding hydrogens is 386 g/mol. The number of hydrogen-bond acceptors (Lipinski definition) is 4. The molecule has 2 aromatic rings. The zero-order valence-corrected chi connectivity index (χ0v) is 17.9. The molecule has 0 aliphatic carbocycles. The van der Waals surface area contributed by atoms with Gasteiger partial charge < -0.3 is 9.80 Å². The van der Waals surface area contributed by atoms with E-state index in [1.54, 1.807) is 24.3 Å². The number of nitrogens with one attached hydrogen (secondary N) is 1. The number of anilines is 1. The Hall–Kier alpha value is -2.38. The molecule has 7 heteroatoms. The molecule has 1 amide bonds. The lowest BCUT2D eigenvalue weighted by atomic mass is 9.98. The highest BCUT2D eigenvalue weighted by Crippen LogP contribution is 2.18. The van der Waals surface area contributed by atoms with E-state index in [1.165, 1.54) is 0 Å². The first-order valence-corrected chi connectivity index (χ1v) is 11.4. The fourth-order valence-corrected chi connectivity index (χ4v) is 4.68. The van der Waals surface area contributed by atoms with E-state index in [0.717, 1.165) is 30.6 Å². The zero-order valence-electron chi connectivity index (χ0n) is 17.0. The lowest BCUT2D eigenvalue weighted by Gasteiger charge is -2.34. The Bertz CT molecular complexity index is 914. The summed E-state index contributed by atoms with van der Waals surface area (Å²) < 4.78 is 27.7. The molecule has 0 aromatic heterocycles. The van der Waals surface area contributed by atoms with Gasteiger partial charge in [-0.15, -0.1) is 0 Å². The van der Waals surface area contributed by atoms with Gasteiger partial charge in [0.05, 0.1) is 11.4 Å². The summed E-state index contributed by atoms with van der Waals surface area (Å²) in [5.74, 6) is 0.192. The summed E-state index contributed by atoms with van der Waals surface area (Å²) in [5.41, 5.74) is 2.02. The number of carbonyl (C=O) groups excluding carboxylic acids is 1. The van der Waals surface area contributed by atoms with E-state index in [2.05, 4.69) is 4.72 Å². The molecule has 29 heavy (non-hydrogen) atoms. The van der Waals surface area contributed by atoms with Crippen molar-refractivity contribution < 1.29 is 13.2 Å². The molecule has 1 aliphatic heterocycles. The van der Waals surface area contributed by atoms with Crippen LogP contribution in [0.15, 0.2) is 59.5 Å². The molecular formula is C22H29N3O3S. The third kappa shape index (κ3) is 5.81. The maximum Gasteiger partial charge on any atom is 0.242 e. The van der Waals surface area contributed by atoms with Gasteiger partial charge in [0.2, 0.25) is 15.9 Å². The number of amides is 1. The molecule has 1 fully saturated rings. The van der Waals surface area contributed by atoms with Crippen molar-refractivity contribution >= 4 is 21.6 Å². The van der Waals surface area contributed by atoms with E-state index in [-0.39, 0.29) is 16.7 Å². The molecule has 0 bridgehead atoms. The average molecular weight is 416 g/mol. The van der Waals surface area contributed by atoms with Crippen LogP contribution in [0.25, 0.3) is 0 Å². The van der Waals surface area contributed by atoms with Gasteiger partial charge in [-0.05, 0) is 49.9 Å². The van der Waals surface area contributed by atoms with Crippen LogP contribution in [-0.4, -0.2) is 52.5 Å². The molecule has 3 rings (SSSR count). The minimum absolute atomic E-state index is 0.0717. The summed E-state index contributed by atoms with van der Waals surface area (Å²) in [6.07, 6.45) is 1.80. The Morgan fingerprint density at radius 1 is 1.14 bits per heavy atom. The molecule has 6 nitrogen and oxygen atoms in total. The predicted molar refractivity (Wildman–Crippen MR) is 115 cm³/mol. The Morgan fingerprint density at radius 3 is 2.52 bits per heavy atom. The molecule has 0 radical (unpaired) electrons. The number of carbonyl (C=O) groups is 1. The quantitative estimate of drug-likeness (QED) is 0.755. The van der Waals surface area contributed by atoms with Crippen molar-refractivity contribution in [1.82, 2.24) is 9.62 Å². The second-order valence-electron chi connectivity index (χ2n) is 7.70. The summed E-state index contributed by atoms with van der Waals surface area (Å²) in [6.45, 7) is 3.88. The van der Waals surface area contributed by atoms with Crippen LogP contribution in [0.1, 0.15) is 18.4 Å². The van der Waals surface area contributed by atoms with E-state index in [4.69, 9.17) is 0 Å². The van der Waals surface area contributed by atoms with Gasteiger partial charge in [-0.1, -0.05) is 35.9 Å². The maximum atomic E-state index is 12.7. The number of hydrogen-bond donors (Lipinski definition) is 1. The number of benzene rings is 2. The summed E-state index contributed by atoms with van der Waals surface area (Å²) in [6, 6.07) is 16.6. The highest BCUT2D eigenvalue weighted by Gasteiger charge is 2.26. The lowest BCUT2D eigenvalue weighted by Crippen LogP contribution is -2.46. The van der Waals surface area contributed by atoms with Crippen molar-refractivity contribution in [1.29, 1.82) is 0 Å². The predicted octanol–water partition coefficient (Wildman–Crippen LogP) is 2.65. The molecule has 2 aromatic carbocycles. The minimum atomic E-state index is -3.53. The van der Waals surface area contributed by atoms with Gasteiger partial charge in [-0.2, -0.15) is 0 Å². The SMILES string of the molecule is Cc1ccc(S(=O)(=O)NCC2CCCN(C(=O)CN(C)c3ccccc3)C2)cc1. The van der Waals surface area contributed by atoms with Crippen molar-refractivity contribution in [3.63, 3.8) is 0 Å². The van der Waals surface area contributed by atoms with Gasteiger partial charge >= 0.3 is 0 Å². The van der Waals surface area contributed by atoms with E-state index in [1.807, 2.05) is 54.1 Å². The van der Waals surface area contributed by atoms with Crippen LogP contribution in [0.5, 0.6) is 0 Å². The van der Waals surface area contributed by atoms with Crippen LogP contribution in [0.2, 0.25) is 0 Å². The number of sulfonamides is 1. The fraction of sp³-hybridized carbons (Fsp3) is 0.409. The molecule has 156 valence electrons. The topological polar surface area (TPSA) is 69.7 Å². The molecule has 1 aliphatic rings. The number of nitrogens with zero attached hydrogens (tertiary/aromatic N) is 2. The lowest BCUT2D eigenvalue weighted by molar-refractivity contribution is -0.131. The highest BCUT2D eigenvalue weighted by molar-refractivity contribution is 7.89. The van der Waals surface area contributed by atoms with Crippen molar-refractivity contribution in [3.8, 4) is 0 Å². The van der Waals surface area contributed by atoms with Gasteiger partial charge in [-0.25, -0.2) is 13.1 Å². The Labute approximate surface area is 173 Å². The monoisotopic (exact) mass is 415 g/mol. The number of piperidine rings is 1. The first-order chi connectivity index (χ1) is 13.8. The smallest absolute Gasteiger partial charge is 0.242 e. The van der Waals surface area contributed by atoms with E-state index in [0.29, 0.717) is 19.6 Å². The minimum Gasteiger partial charge on any atom is -0.365 e. The van der Waals surface area contributed by atoms with Gasteiger partial charge in [0, 0.05) is 32.4 Å². The molecule has 1 N–H and O–H groups in total. The van der Waals surface area contributed by atoms with E-state index >= 15 is 0 Å². The van der Waals surface area contributed by atoms with E-state index < -0.39 is 10.0 Å². The standard InChI is InChI=1S/C22H29N3O3S/c1-18-10-12-21(13-11-18)29(27,28)23-15-19-7-6-14-25(16-19)22(26)17-24(2)20-8-4-3-5-9-20/h3-5,8-13,19,23H,6-7,14-17H2,1-2H3. The van der Waals surface area contributed by atoms with Gasteiger partial charge in [0.25, 0.3) is 0 Å². The van der Waals surface area contributed by atoms with Crippen LogP contribution in [0.3, 0.4) is 0 Å². The Kier molecular flexibility index (Phi) is 6.92. The van der Waals surface area contributed by atoms with Crippen LogP contribution in [-0.2, 0) is 14.8 Å². The van der Waals surface area contributed by atoms with Crippen molar-refractivity contribution in [2.75, 3.05) is 38.1 Å². The molecule has 1 saturated heterocycles. The van der Waals surface area contributed by atoms with Crippen LogP contribution < -0.4 is 9.62 Å². The third-order valence-electron chi connectivity index (χ3n) is 5.33.